The van der Waals surface area contributed by atoms with Crippen LogP contribution in [0.5, 0.6) is 0 Å². The maximum atomic E-state index is 11.9. The summed E-state index contributed by atoms with van der Waals surface area (Å²) in [5, 5.41) is 5.43. The molecule has 2 amide bonds. The van der Waals surface area contributed by atoms with Crippen molar-refractivity contribution in [3.8, 4) is 0 Å². The van der Waals surface area contributed by atoms with Crippen molar-refractivity contribution in [3.63, 3.8) is 0 Å². The summed E-state index contributed by atoms with van der Waals surface area (Å²) in [4.78, 5) is 37.4. The number of carbonyl (C=O) groups is 2. The summed E-state index contributed by atoms with van der Waals surface area (Å²) in [6.45, 7) is 0.252. The molecule has 128 valence electrons. The maximum absolute atomic E-state index is 11.9. The first kappa shape index (κ1) is 16.5. The molecule has 3 rings (SSSR count). The SMILES string of the molecule is O=C(Cc1ccccc1)NCCC(=O)Nc1ccc2oc(=O)[nH]c2c1. The van der Waals surface area contributed by atoms with E-state index in [0.29, 0.717) is 16.8 Å². The smallest absolute Gasteiger partial charge is 0.408 e. The summed E-state index contributed by atoms with van der Waals surface area (Å²) in [6, 6.07) is 14.3. The number of benzene rings is 2. The van der Waals surface area contributed by atoms with Gasteiger partial charge >= 0.3 is 5.76 Å². The van der Waals surface area contributed by atoms with Crippen LogP contribution in [0.1, 0.15) is 12.0 Å². The van der Waals surface area contributed by atoms with Crippen molar-refractivity contribution in [3.05, 3.63) is 64.6 Å². The quantitative estimate of drug-likeness (QED) is 0.637. The Hall–Kier alpha value is -3.35. The van der Waals surface area contributed by atoms with Crippen LogP contribution in [-0.4, -0.2) is 23.3 Å². The van der Waals surface area contributed by atoms with Crippen LogP contribution in [0.15, 0.2) is 57.7 Å². The lowest BCUT2D eigenvalue weighted by Crippen LogP contribution is -2.28. The second-order valence-electron chi connectivity index (χ2n) is 5.54. The van der Waals surface area contributed by atoms with Crippen molar-refractivity contribution >= 4 is 28.6 Å². The number of amides is 2. The molecule has 0 radical (unpaired) electrons. The third-order valence-electron chi connectivity index (χ3n) is 3.58. The third kappa shape index (κ3) is 4.57. The van der Waals surface area contributed by atoms with E-state index in [9.17, 15) is 14.4 Å². The van der Waals surface area contributed by atoms with Crippen LogP contribution in [0, 0.1) is 0 Å². The predicted molar refractivity (Wildman–Crippen MR) is 93.2 cm³/mol. The van der Waals surface area contributed by atoms with Crippen LogP contribution in [0.3, 0.4) is 0 Å². The van der Waals surface area contributed by atoms with Crippen LogP contribution in [0.2, 0.25) is 0 Å². The van der Waals surface area contributed by atoms with Crippen molar-refractivity contribution in [2.24, 2.45) is 0 Å². The molecule has 2 aromatic carbocycles. The van der Waals surface area contributed by atoms with Crippen LogP contribution in [0.25, 0.3) is 11.1 Å². The molecule has 3 aromatic rings. The largest absolute Gasteiger partial charge is 0.417 e. The molecule has 0 bridgehead atoms. The van der Waals surface area contributed by atoms with Crippen LogP contribution < -0.4 is 16.4 Å². The molecule has 7 heteroatoms. The monoisotopic (exact) mass is 339 g/mol. The molecule has 1 aromatic heterocycles. The van der Waals surface area contributed by atoms with Crippen LogP contribution in [0.4, 0.5) is 5.69 Å². The van der Waals surface area contributed by atoms with Gasteiger partial charge < -0.3 is 15.1 Å². The zero-order chi connectivity index (χ0) is 17.6. The number of hydrogen-bond donors (Lipinski definition) is 3. The molecule has 0 saturated heterocycles. The average Bonchev–Trinajstić information content (AvgIpc) is 2.95. The molecule has 0 unspecified atom stereocenters. The van der Waals surface area contributed by atoms with Crippen LogP contribution >= 0.6 is 0 Å². The van der Waals surface area contributed by atoms with Gasteiger partial charge in [-0.3, -0.25) is 14.6 Å². The Kier molecular flexibility index (Phi) is 4.94. The van der Waals surface area contributed by atoms with Gasteiger partial charge in [0.25, 0.3) is 0 Å². The predicted octanol–water partition coefficient (Wildman–Crippen LogP) is 1.81. The number of oxazole rings is 1. The lowest BCUT2D eigenvalue weighted by atomic mass is 10.1. The Morgan fingerprint density at radius 2 is 1.84 bits per heavy atom. The van der Waals surface area contributed by atoms with E-state index < -0.39 is 5.76 Å². The number of anilines is 1. The summed E-state index contributed by atoms with van der Waals surface area (Å²) in [5.41, 5.74) is 2.41. The van der Waals surface area contributed by atoms with Gasteiger partial charge in [-0.1, -0.05) is 30.3 Å². The lowest BCUT2D eigenvalue weighted by Gasteiger charge is -2.07. The van der Waals surface area contributed by atoms with Gasteiger partial charge in [-0.25, -0.2) is 4.79 Å². The Balaban J connectivity index is 1.45. The van der Waals surface area contributed by atoms with E-state index in [-0.39, 0.29) is 31.2 Å². The first-order chi connectivity index (χ1) is 12.1. The summed E-state index contributed by atoms with van der Waals surface area (Å²) in [7, 11) is 0. The molecule has 0 fully saturated rings. The Bertz CT molecular complexity index is 944. The van der Waals surface area contributed by atoms with Gasteiger partial charge in [-0.05, 0) is 23.8 Å². The van der Waals surface area contributed by atoms with Crippen molar-refractivity contribution < 1.29 is 14.0 Å². The molecule has 0 aliphatic rings. The normalized spacial score (nSPS) is 10.6. The highest BCUT2D eigenvalue weighted by Gasteiger charge is 2.07. The van der Waals surface area contributed by atoms with E-state index in [4.69, 9.17) is 4.42 Å². The number of rotatable bonds is 6. The Labute approximate surface area is 143 Å². The van der Waals surface area contributed by atoms with Gasteiger partial charge in [0.15, 0.2) is 5.58 Å². The first-order valence-electron chi connectivity index (χ1n) is 7.83. The molecule has 1 heterocycles. The van der Waals surface area contributed by atoms with Crippen molar-refractivity contribution in [1.29, 1.82) is 0 Å². The zero-order valence-electron chi connectivity index (χ0n) is 13.4. The second-order valence-corrected chi connectivity index (χ2v) is 5.54. The summed E-state index contributed by atoms with van der Waals surface area (Å²) in [6.07, 6.45) is 0.438. The number of H-pyrrole nitrogens is 1. The number of carbonyl (C=O) groups excluding carboxylic acids is 2. The molecule has 0 atom stereocenters. The minimum absolute atomic E-state index is 0.128. The summed E-state index contributed by atoms with van der Waals surface area (Å²) >= 11 is 0. The zero-order valence-corrected chi connectivity index (χ0v) is 13.4. The maximum Gasteiger partial charge on any atom is 0.417 e. The molecule has 0 saturated carbocycles. The van der Waals surface area contributed by atoms with Gasteiger partial charge in [-0.2, -0.15) is 0 Å². The number of aromatic amines is 1. The van der Waals surface area contributed by atoms with E-state index in [2.05, 4.69) is 15.6 Å². The fraction of sp³-hybridized carbons (Fsp3) is 0.167. The van der Waals surface area contributed by atoms with Crippen molar-refractivity contribution in [2.75, 3.05) is 11.9 Å². The van der Waals surface area contributed by atoms with E-state index in [0.717, 1.165) is 5.56 Å². The summed E-state index contributed by atoms with van der Waals surface area (Å²) in [5.74, 6) is -0.902. The van der Waals surface area contributed by atoms with Gasteiger partial charge in [0, 0.05) is 18.7 Å². The minimum atomic E-state index is -0.542. The molecule has 0 aliphatic carbocycles. The van der Waals surface area contributed by atoms with E-state index in [1.807, 2.05) is 30.3 Å². The van der Waals surface area contributed by atoms with Gasteiger partial charge in [0.2, 0.25) is 11.8 Å². The molecular weight excluding hydrogens is 322 g/mol. The van der Waals surface area contributed by atoms with Crippen LogP contribution in [-0.2, 0) is 16.0 Å². The molecule has 25 heavy (non-hydrogen) atoms. The van der Waals surface area contributed by atoms with E-state index in [1.165, 1.54) is 0 Å². The fourth-order valence-electron chi connectivity index (χ4n) is 2.41. The molecule has 3 N–H and O–H groups in total. The molecule has 0 spiro atoms. The minimum Gasteiger partial charge on any atom is -0.408 e. The van der Waals surface area contributed by atoms with E-state index in [1.54, 1.807) is 18.2 Å². The number of nitrogens with one attached hydrogen (secondary N) is 3. The second kappa shape index (κ2) is 7.48. The first-order valence-corrected chi connectivity index (χ1v) is 7.83. The van der Waals surface area contributed by atoms with Gasteiger partial charge in [-0.15, -0.1) is 0 Å². The highest BCUT2D eigenvalue weighted by Crippen LogP contribution is 2.16. The standard InChI is InChI=1S/C18H17N3O4/c22-16(8-9-19-17(23)10-12-4-2-1-3-5-12)20-13-6-7-15-14(11-13)21-18(24)25-15/h1-7,11H,8-10H2,(H,19,23)(H,20,22)(H,21,24). The Morgan fingerprint density at radius 3 is 2.64 bits per heavy atom. The van der Waals surface area contributed by atoms with Crippen molar-refractivity contribution in [1.82, 2.24) is 10.3 Å². The third-order valence-corrected chi connectivity index (χ3v) is 3.58. The molecule has 7 nitrogen and oxygen atoms in total. The average molecular weight is 339 g/mol. The Morgan fingerprint density at radius 1 is 1.04 bits per heavy atom. The van der Waals surface area contributed by atoms with Crippen molar-refractivity contribution in [2.45, 2.75) is 12.8 Å². The molecule has 0 aliphatic heterocycles. The summed E-state index contributed by atoms with van der Waals surface area (Å²) < 4.78 is 4.90. The van der Waals surface area contributed by atoms with E-state index >= 15 is 0 Å². The number of hydrogen-bond acceptors (Lipinski definition) is 4. The van der Waals surface area contributed by atoms with Gasteiger partial charge in [0.1, 0.15) is 0 Å². The highest BCUT2D eigenvalue weighted by atomic mass is 16.4. The number of aromatic nitrogens is 1. The number of fused-ring (bicyclic) bond motifs is 1. The topological polar surface area (TPSA) is 104 Å². The lowest BCUT2D eigenvalue weighted by molar-refractivity contribution is -0.120. The molecular formula is C18H17N3O4. The fourth-order valence-corrected chi connectivity index (χ4v) is 2.41. The highest BCUT2D eigenvalue weighted by molar-refractivity contribution is 5.93. The van der Waals surface area contributed by atoms with Gasteiger partial charge in [0.05, 0.1) is 11.9 Å².